The van der Waals surface area contributed by atoms with E-state index in [2.05, 4.69) is 43.4 Å². The molecular formula is C13H22OSi. The summed E-state index contributed by atoms with van der Waals surface area (Å²) in [6.07, 6.45) is 0.890. The Morgan fingerprint density at radius 1 is 1.13 bits per heavy atom. The Labute approximate surface area is 94.2 Å². The lowest BCUT2D eigenvalue weighted by atomic mass is 10.1. The van der Waals surface area contributed by atoms with Crippen LogP contribution in [0, 0.1) is 0 Å². The molecule has 84 valence electrons. The number of benzene rings is 1. The minimum absolute atomic E-state index is 0.529. The summed E-state index contributed by atoms with van der Waals surface area (Å²) >= 11 is 0. The van der Waals surface area contributed by atoms with Crippen LogP contribution in [-0.2, 0) is 0 Å². The van der Waals surface area contributed by atoms with Gasteiger partial charge in [0.2, 0.25) is 0 Å². The first-order valence-corrected chi connectivity index (χ1v) is 8.80. The lowest BCUT2D eigenvalue weighted by Crippen LogP contribution is -2.42. The Morgan fingerprint density at radius 3 is 2.13 bits per heavy atom. The largest absolute Gasteiger partial charge is 0.390 e. The molecule has 15 heavy (non-hydrogen) atoms. The second-order valence-electron chi connectivity index (χ2n) is 5.56. The van der Waals surface area contributed by atoms with E-state index in [0.717, 1.165) is 12.5 Å². The zero-order chi connectivity index (χ0) is 11.5. The SMILES string of the molecule is CC(C)(O)CC[Si](C)(C)c1ccccc1. The van der Waals surface area contributed by atoms with Gasteiger partial charge in [-0.1, -0.05) is 54.7 Å². The van der Waals surface area contributed by atoms with Gasteiger partial charge in [0.1, 0.15) is 0 Å². The first-order valence-electron chi connectivity index (χ1n) is 5.59. The summed E-state index contributed by atoms with van der Waals surface area (Å²) in [5.74, 6) is 0. The van der Waals surface area contributed by atoms with Crippen LogP contribution in [0.1, 0.15) is 20.3 Å². The summed E-state index contributed by atoms with van der Waals surface area (Å²) < 4.78 is 0. The fraction of sp³-hybridized carbons (Fsp3) is 0.538. The normalized spacial score (nSPS) is 12.9. The summed E-state index contributed by atoms with van der Waals surface area (Å²) in [5, 5.41) is 11.2. The van der Waals surface area contributed by atoms with Gasteiger partial charge in [0.05, 0.1) is 13.7 Å². The van der Waals surface area contributed by atoms with Crippen molar-refractivity contribution < 1.29 is 5.11 Å². The maximum Gasteiger partial charge on any atom is 0.0807 e. The average Bonchev–Trinajstić information content (AvgIpc) is 2.16. The summed E-state index contributed by atoms with van der Waals surface area (Å²) in [4.78, 5) is 0. The van der Waals surface area contributed by atoms with Crippen molar-refractivity contribution in [1.82, 2.24) is 0 Å². The molecule has 0 saturated carbocycles. The zero-order valence-corrected chi connectivity index (χ0v) is 11.2. The van der Waals surface area contributed by atoms with E-state index in [-0.39, 0.29) is 0 Å². The molecule has 0 amide bonds. The Balaban J connectivity index is 2.68. The molecule has 0 aromatic heterocycles. The standard InChI is InChI=1S/C13H22OSi/c1-13(2,14)10-11-15(3,4)12-8-6-5-7-9-12/h5-9,14H,10-11H2,1-4H3. The number of hydrogen-bond donors (Lipinski definition) is 1. The second-order valence-corrected chi connectivity index (χ2v) is 10.4. The molecule has 1 aromatic carbocycles. The Hall–Kier alpha value is -0.603. The van der Waals surface area contributed by atoms with Crippen molar-refractivity contribution in [3.05, 3.63) is 30.3 Å². The van der Waals surface area contributed by atoms with Crippen molar-refractivity contribution in [2.45, 2.75) is 45.0 Å². The Morgan fingerprint density at radius 2 is 1.67 bits per heavy atom. The molecule has 0 aliphatic heterocycles. The Bertz CT molecular complexity index is 298. The summed E-state index contributed by atoms with van der Waals surface area (Å²) in [7, 11) is -1.35. The topological polar surface area (TPSA) is 20.2 Å². The Kier molecular flexibility index (Phi) is 3.74. The molecule has 0 fully saturated rings. The van der Waals surface area contributed by atoms with Gasteiger partial charge in [-0.15, -0.1) is 0 Å². The maximum absolute atomic E-state index is 9.75. The minimum atomic E-state index is -1.35. The van der Waals surface area contributed by atoms with Crippen LogP contribution >= 0.6 is 0 Å². The highest BCUT2D eigenvalue weighted by Crippen LogP contribution is 2.19. The molecule has 1 aromatic rings. The van der Waals surface area contributed by atoms with Crippen LogP contribution in [0.2, 0.25) is 19.1 Å². The van der Waals surface area contributed by atoms with Crippen LogP contribution in [0.3, 0.4) is 0 Å². The molecule has 0 aliphatic rings. The van der Waals surface area contributed by atoms with E-state index in [1.807, 2.05) is 13.8 Å². The van der Waals surface area contributed by atoms with Crippen LogP contribution in [0.5, 0.6) is 0 Å². The van der Waals surface area contributed by atoms with Crippen molar-refractivity contribution in [1.29, 1.82) is 0 Å². The molecule has 2 heteroatoms. The van der Waals surface area contributed by atoms with Gasteiger partial charge in [-0.3, -0.25) is 0 Å². The van der Waals surface area contributed by atoms with E-state index in [9.17, 15) is 5.11 Å². The van der Waals surface area contributed by atoms with Crippen molar-refractivity contribution >= 4 is 13.3 Å². The highest BCUT2D eigenvalue weighted by atomic mass is 28.3. The number of rotatable bonds is 4. The summed E-state index contributed by atoms with van der Waals surface area (Å²) in [6, 6.07) is 11.8. The lowest BCUT2D eigenvalue weighted by Gasteiger charge is -2.27. The molecule has 0 heterocycles. The predicted octanol–water partition coefficient (Wildman–Crippen LogP) is 2.76. The van der Waals surface area contributed by atoms with Crippen molar-refractivity contribution in [2.24, 2.45) is 0 Å². The average molecular weight is 222 g/mol. The molecule has 0 radical (unpaired) electrons. The van der Waals surface area contributed by atoms with Gasteiger partial charge in [0.25, 0.3) is 0 Å². The first kappa shape index (κ1) is 12.5. The molecule has 0 atom stereocenters. The number of aliphatic hydroxyl groups is 1. The molecule has 0 aliphatic carbocycles. The van der Waals surface area contributed by atoms with Crippen molar-refractivity contribution in [3.8, 4) is 0 Å². The monoisotopic (exact) mass is 222 g/mol. The van der Waals surface area contributed by atoms with Gasteiger partial charge in [-0.25, -0.2) is 0 Å². The summed E-state index contributed by atoms with van der Waals surface area (Å²) in [5.41, 5.74) is -0.529. The molecular weight excluding hydrogens is 200 g/mol. The van der Waals surface area contributed by atoms with E-state index in [0.29, 0.717) is 0 Å². The van der Waals surface area contributed by atoms with Crippen LogP contribution in [0.15, 0.2) is 30.3 Å². The van der Waals surface area contributed by atoms with Gasteiger partial charge >= 0.3 is 0 Å². The molecule has 1 N–H and O–H groups in total. The fourth-order valence-electron chi connectivity index (χ4n) is 1.65. The second kappa shape index (κ2) is 4.50. The van der Waals surface area contributed by atoms with Crippen LogP contribution < -0.4 is 5.19 Å². The molecule has 1 rings (SSSR count). The van der Waals surface area contributed by atoms with Gasteiger partial charge in [-0.05, 0) is 20.3 Å². The molecule has 0 unspecified atom stereocenters. The van der Waals surface area contributed by atoms with E-state index in [1.165, 1.54) is 5.19 Å². The van der Waals surface area contributed by atoms with E-state index in [4.69, 9.17) is 0 Å². The molecule has 0 saturated heterocycles. The molecule has 1 nitrogen and oxygen atoms in total. The van der Waals surface area contributed by atoms with Crippen LogP contribution in [-0.4, -0.2) is 18.8 Å². The van der Waals surface area contributed by atoms with E-state index < -0.39 is 13.7 Å². The smallest absolute Gasteiger partial charge is 0.0807 e. The fourth-order valence-corrected chi connectivity index (χ4v) is 4.27. The van der Waals surface area contributed by atoms with Gasteiger partial charge in [0, 0.05) is 0 Å². The van der Waals surface area contributed by atoms with Gasteiger partial charge < -0.3 is 5.11 Å². The molecule has 0 spiro atoms. The van der Waals surface area contributed by atoms with E-state index >= 15 is 0 Å². The number of hydrogen-bond acceptors (Lipinski definition) is 1. The quantitative estimate of drug-likeness (QED) is 0.777. The highest BCUT2D eigenvalue weighted by Gasteiger charge is 2.25. The van der Waals surface area contributed by atoms with Gasteiger partial charge in [-0.2, -0.15) is 0 Å². The van der Waals surface area contributed by atoms with Crippen molar-refractivity contribution in [2.75, 3.05) is 0 Å². The predicted molar refractivity (Wildman–Crippen MR) is 69.3 cm³/mol. The van der Waals surface area contributed by atoms with Gasteiger partial charge in [0.15, 0.2) is 0 Å². The third-order valence-corrected chi connectivity index (χ3v) is 6.31. The van der Waals surface area contributed by atoms with Crippen molar-refractivity contribution in [3.63, 3.8) is 0 Å². The van der Waals surface area contributed by atoms with Crippen LogP contribution in [0.25, 0.3) is 0 Å². The van der Waals surface area contributed by atoms with Crippen LogP contribution in [0.4, 0.5) is 0 Å². The van der Waals surface area contributed by atoms with E-state index in [1.54, 1.807) is 0 Å². The minimum Gasteiger partial charge on any atom is -0.390 e. The third kappa shape index (κ3) is 4.18. The summed E-state index contributed by atoms with van der Waals surface area (Å²) in [6.45, 7) is 8.52. The molecule has 0 bridgehead atoms. The first-order chi connectivity index (χ1) is 6.81. The highest BCUT2D eigenvalue weighted by molar-refractivity contribution is 6.89. The maximum atomic E-state index is 9.75. The third-order valence-electron chi connectivity index (χ3n) is 2.92. The lowest BCUT2D eigenvalue weighted by molar-refractivity contribution is 0.0762. The zero-order valence-electron chi connectivity index (χ0n) is 10.2.